The van der Waals surface area contributed by atoms with Gasteiger partial charge in [-0.05, 0) is 70.6 Å². The summed E-state index contributed by atoms with van der Waals surface area (Å²) >= 11 is 0. The van der Waals surface area contributed by atoms with Crippen LogP contribution in [0.1, 0.15) is 67.2 Å². The number of hydrogen-bond donors (Lipinski definition) is 3. The number of carbonyl (C=O) groups is 3. The topological polar surface area (TPSA) is 114 Å². The summed E-state index contributed by atoms with van der Waals surface area (Å²) in [5, 5.41) is 5.89. The lowest BCUT2D eigenvalue weighted by molar-refractivity contribution is 0.0199. The predicted octanol–water partition coefficient (Wildman–Crippen LogP) is 2.54. The molecule has 0 aromatic heterocycles. The van der Waals surface area contributed by atoms with Gasteiger partial charge >= 0.3 is 6.09 Å². The number of benzene rings is 1. The van der Waals surface area contributed by atoms with Gasteiger partial charge in [-0.25, -0.2) is 4.79 Å². The summed E-state index contributed by atoms with van der Waals surface area (Å²) < 4.78 is 5.40. The molecule has 1 saturated carbocycles. The van der Waals surface area contributed by atoms with Crippen LogP contribution in [0.25, 0.3) is 0 Å². The highest BCUT2D eigenvalue weighted by atomic mass is 16.6. The summed E-state index contributed by atoms with van der Waals surface area (Å²) in [6.07, 6.45) is 3.19. The molecule has 1 heterocycles. The zero-order chi connectivity index (χ0) is 21.9. The number of hydrogen-bond acceptors (Lipinski definition) is 5. The van der Waals surface area contributed by atoms with Crippen molar-refractivity contribution >= 4 is 23.6 Å². The van der Waals surface area contributed by atoms with Crippen LogP contribution in [0.15, 0.2) is 18.2 Å². The van der Waals surface area contributed by atoms with Gasteiger partial charge in [0, 0.05) is 31.4 Å². The van der Waals surface area contributed by atoms with Gasteiger partial charge in [-0.3, -0.25) is 9.59 Å². The van der Waals surface area contributed by atoms with Gasteiger partial charge in [-0.15, -0.1) is 0 Å². The van der Waals surface area contributed by atoms with Crippen LogP contribution in [0.5, 0.6) is 0 Å². The Labute approximate surface area is 177 Å². The van der Waals surface area contributed by atoms with Crippen LogP contribution in [-0.4, -0.2) is 54.1 Å². The molecule has 0 atom stereocenters. The third-order valence-electron chi connectivity index (χ3n) is 5.26. The highest BCUT2D eigenvalue weighted by Crippen LogP contribution is 2.27. The number of rotatable bonds is 5. The van der Waals surface area contributed by atoms with Crippen molar-refractivity contribution in [2.24, 2.45) is 5.92 Å². The molecule has 1 aromatic carbocycles. The van der Waals surface area contributed by atoms with E-state index in [2.05, 4.69) is 10.6 Å². The third kappa shape index (κ3) is 6.11. The largest absolute Gasteiger partial charge is 0.444 e. The molecule has 0 bridgehead atoms. The molecule has 0 radical (unpaired) electrons. The molecule has 1 aromatic rings. The number of nitrogens with zero attached hydrogens (tertiary/aromatic N) is 1. The van der Waals surface area contributed by atoms with Gasteiger partial charge in [0.15, 0.2) is 0 Å². The minimum atomic E-state index is -0.534. The normalized spacial score (nSPS) is 17.4. The minimum absolute atomic E-state index is 0.0730. The number of nitrogens with two attached hydrogens (primary N) is 1. The van der Waals surface area contributed by atoms with E-state index in [1.54, 1.807) is 23.1 Å². The number of carbonyl (C=O) groups excluding carboxylic acids is 3. The number of ether oxygens (including phenoxy) is 1. The molecule has 8 heteroatoms. The molecule has 2 aliphatic rings. The van der Waals surface area contributed by atoms with Crippen molar-refractivity contribution < 1.29 is 19.1 Å². The van der Waals surface area contributed by atoms with Gasteiger partial charge in [0.05, 0.1) is 11.1 Å². The van der Waals surface area contributed by atoms with Gasteiger partial charge < -0.3 is 26.0 Å². The first kappa shape index (κ1) is 21.9. The van der Waals surface area contributed by atoms with E-state index in [4.69, 9.17) is 10.5 Å². The number of nitrogen functional groups attached to an aromatic ring is 1. The van der Waals surface area contributed by atoms with Crippen LogP contribution < -0.4 is 16.4 Å². The summed E-state index contributed by atoms with van der Waals surface area (Å²) in [4.78, 5) is 39.3. The fourth-order valence-electron chi connectivity index (χ4n) is 3.40. The van der Waals surface area contributed by atoms with E-state index < -0.39 is 5.60 Å². The number of nitrogens with one attached hydrogen (secondary N) is 2. The second-order valence-corrected chi connectivity index (χ2v) is 9.17. The second kappa shape index (κ2) is 8.93. The minimum Gasteiger partial charge on any atom is -0.444 e. The molecule has 8 nitrogen and oxygen atoms in total. The molecule has 1 saturated heterocycles. The SMILES string of the molecule is CC(C)(C)OC(=O)N1CCC(NC(=O)c2ccc(N)cc2C(=O)NCC2CC2)CC1. The van der Waals surface area contributed by atoms with Gasteiger partial charge in [0.1, 0.15) is 5.60 Å². The smallest absolute Gasteiger partial charge is 0.410 e. The predicted molar refractivity (Wildman–Crippen MR) is 114 cm³/mol. The van der Waals surface area contributed by atoms with Crippen molar-refractivity contribution in [3.05, 3.63) is 29.3 Å². The summed E-state index contributed by atoms with van der Waals surface area (Å²) in [7, 11) is 0. The number of piperidine rings is 1. The van der Waals surface area contributed by atoms with Crippen molar-refractivity contribution in [2.75, 3.05) is 25.4 Å². The van der Waals surface area contributed by atoms with Crippen molar-refractivity contribution in [3.8, 4) is 0 Å². The Bertz CT molecular complexity index is 806. The molecule has 3 rings (SSSR count). The van der Waals surface area contributed by atoms with Crippen molar-refractivity contribution in [1.82, 2.24) is 15.5 Å². The molecule has 164 valence electrons. The van der Waals surface area contributed by atoms with E-state index in [1.807, 2.05) is 20.8 Å². The lowest BCUT2D eigenvalue weighted by Crippen LogP contribution is -2.48. The number of amides is 3. The molecule has 30 heavy (non-hydrogen) atoms. The van der Waals surface area contributed by atoms with Crippen molar-refractivity contribution in [1.29, 1.82) is 0 Å². The average molecular weight is 417 g/mol. The van der Waals surface area contributed by atoms with E-state index in [-0.39, 0.29) is 23.9 Å². The lowest BCUT2D eigenvalue weighted by Gasteiger charge is -2.33. The van der Waals surface area contributed by atoms with Gasteiger partial charge in [-0.2, -0.15) is 0 Å². The Balaban J connectivity index is 1.57. The van der Waals surface area contributed by atoms with Crippen LogP contribution in [-0.2, 0) is 4.74 Å². The van der Waals surface area contributed by atoms with E-state index in [0.29, 0.717) is 55.2 Å². The Kier molecular flexibility index (Phi) is 6.53. The molecule has 1 aliphatic carbocycles. The Morgan fingerprint density at radius 1 is 1.07 bits per heavy atom. The molecule has 0 unspecified atom stereocenters. The zero-order valence-electron chi connectivity index (χ0n) is 18.0. The fourth-order valence-corrected chi connectivity index (χ4v) is 3.40. The first-order valence-corrected chi connectivity index (χ1v) is 10.6. The quantitative estimate of drug-likeness (QED) is 0.638. The summed E-state index contributed by atoms with van der Waals surface area (Å²) in [5.41, 5.74) is 6.35. The second-order valence-electron chi connectivity index (χ2n) is 9.17. The third-order valence-corrected chi connectivity index (χ3v) is 5.26. The molecule has 1 aliphatic heterocycles. The van der Waals surface area contributed by atoms with Crippen LogP contribution >= 0.6 is 0 Å². The lowest BCUT2D eigenvalue weighted by atomic mass is 10.0. The molecular weight excluding hydrogens is 384 g/mol. The Hall–Kier alpha value is -2.77. The molecule has 0 spiro atoms. The molecule has 4 N–H and O–H groups in total. The van der Waals surface area contributed by atoms with Crippen LogP contribution in [0.4, 0.5) is 10.5 Å². The van der Waals surface area contributed by atoms with Crippen LogP contribution in [0, 0.1) is 5.92 Å². The Morgan fingerprint density at radius 3 is 2.33 bits per heavy atom. The molecular formula is C22H32N4O4. The molecule has 2 fully saturated rings. The van der Waals surface area contributed by atoms with Crippen molar-refractivity contribution in [2.45, 2.75) is 58.1 Å². The average Bonchev–Trinajstić information content (AvgIpc) is 3.49. The first-order chi connectivity index (χ1) is 14.1. The highest BCUT2D eigenvalue weighted by molar-refractivity contribution is 6.07. The van der Waals surface area contributed by atoms with Gasteiger partial charge in [-0.1, -0.05) is 0 Å². The number of likely N-dealkylation sites (tertiary alicyclic amines) is 1. The molecule has 3 amide bonds. The van der Waals surface area contributed by atoms with Crippen LogP contribution in [0.2, 0.25) is 0 Å². The maximum atomic E-state index is 12.9. The highest BCUT2D eigenvalue weighted by Gasteiger charge is 2.29. The van der Waals surface area contributed by atoms with Gasteiger partial charge in [0.25, 0.3) is 11.8 Å². The van der Waals surface area contributed by atoms with Gasteiger partial charge in [0.2, 0.25) is 0 Å². The maximum absolute atomic E-state index is 12.9. The Morgan fingerprint density at radius 2 is 1.73 bits per heavy atom. The maximum Gasteiger partial charge on any atom is 0.410 e. The van der Waals surface area contributed by atoms with E-state index in [9.17, 15) is 14.4 Å². The van der Waals surface area contributed by atoms with Crippen LogP contribution in [0.3, 0.4) is 0 Å². The fraction of sp³-hybridized carbons (Fsp3) is 0.591. The summed E-state index contributed by atoms with van der Waals surface area (Å²) in [6, 6.07) is 4.68. The monoisotopic (exact) mass is 416 g/mol. The number of anilines is 1. The van der Waals surface area contributed by atoms with E-state index >= 15 is 0 Å². The summed E-state index contributed by atoms with van der Waals surface area (Å²) in [6.45, 7) is 7.15. The standard InChI is InChI=1S/C22H32N4O4/c1-22(2,3)30-21(29)26-10-8-16(9-11-26)25-20(28)17-7-6-15(23)12-18(17)19(27)24-13-14-4-5-14/h6-7,12,14,16H,4-5,8-11,13,23H2,1-3H3,(H,24,27)(H,25,28). The zero-order valence-corrected chi connectivity index (χ0v) is 18.0. The van der Waals surface area contributed by atoms with Crippen molar-refractivity contribution in [3.63, 3.8) is 0 Å². The van der Waals surface area contributed by atoms with E-state index in [0.717, 1.165) is 12.8 Å². The first-order valence-electron chi connectivity index (χ1n) is 10.6. The van der Waals surface area contributed by atoms with E-state index in [1.165, 1.54) is 0 Å². The summed E-state index contributed by atoms with van der Waals surface area (Å²) in [5.74, 6) is -0.0381.